The SMILES string of the molecule is CC(C)CN(C(=O)C(N)C(C)C)C1CCCC1. The Balaban J connectivity index is 2.70. The molecule has 1 unspecified atom stereocenters. The smallest absolute Gasteiger partial charge is 0.240 e. The van der Waals surface area contributed by atoms with Crippen molar-refractivity contribution in [1.82, 2.24) is 4.90 Å². The lowest BCUT2D eigenvalue weighted by molar-refractivity contribution is -0.136. The van der Waals surface area contributed by atoms with E-state index in [1.807, 2.05) is 13.8 Å². The predicted molar refractivity (Wildman–Crippen MR) is 71.6 cm³/mol. The maximum Gasteiger partial charge on any atom is 0.240 e. The third kappa shape index (κ3) is 3.98. The summed E-state index contributed by atoms with van der Waals surface area (Å²) in [6, 6.07) is 0.101. The Morgan fingerprint density at radius 1 is 1.24 bits per heavy atom. The summed E-state index contributed by atoms with van der Waals surface area (Å²) in [5.41, 5.74) is 6.01. The first-order valence-electron chi connectivity index (χ1n) is 6.99. The van der Waals surface area contributed by atoms with Gasteiger partial charge in [0.1, 0.15) is 0 Å². The molecule has 17 heavy (non-hydrogen) atoms. The summed E-state index contributed by atoms with van der Waals surface area (Å²) in [5.74, 6) is 0.887. The number of amides is 1. The zero-order chi connectivity index (χ0) is 13.0. The van der Waals surface area contributed by atoms with E-state index < -0.39 is 0 Å². The minimum Gasteiger partial charge on any atom is -0.338 e. The van der Waals surface area contributed by atoms with E-state index in [9.17, 15) is 4.79 Å². The quantitative estimate of drug-likeness (QED) is 0.802. The van der Waals surface area contributed by atoms with Crippen molar-refractivity contribution in [3.05, 3.63) is 0 Å². The van der Waals surface area contributed by atoms with Crippen molar-refractivity contribution in [1.29, 1.82) is 0 Å². The highest BCUT2D eigenvalue weighted by molar-refractivity contribution is 5.82. The van der Waals surface area contributed by atoms with Gasteiger partial charge in [0, 0.05) is 12.6 Å². The van der Waals surface area contributed by atoms with Crippen LogP contribution in [0.3, 0.4) is 0 Å². The molecule has 0 bridgehead atoms. The number of carbonyl (C=O) groups is 1. The van der Waals surface area contributed by atoms with Crippen molar-refractivity contribution in [2.24, 2.45) is 17.6 Å². The van der Waals surface area contributed by atoms with Gasteiger partial charge in [0.2, 0.25) is 5.91 Å². The molecule has 1 aliphatic rings. The van der Waals surface area contributed by atoms with Gasteiger partial charge in [-0.2, -0.15) is 0 Å². The molecule has 1 atom stereocenters. The van der Waals surface area contributed by atoms with Crippen LogP contribution in [0.1, 0.15) is 53.4 Å². The molecule has 1 amide bonds. The average Bonchev–Trinajstić information content (AvgIpc) is 2.76. The van der Waals surface area contributed by atoms with Crippen molar-refractivity contribution in [3.8, 4) is 0 Å². The van der Waals surface area contributed by atoms with E-state index >= 15 is 0 Å². The number of nitrogens with two attached hydrogens (primary N) is 1. The van der Waals surface area contributed by atoms with Crippen molar-refractivity contribution in [3.63, 3.8) is 0 Å². The summed E-state index contributed by atoms with van der Waals surface area (Å²) in [7, 11) is 0. The fourth-order valence-corrected chi connectivity index (χ4v) is 2.50. The number of carbonyl (C=O) groups excluding carboxylic acids is 1. The van der Waals surface area contributed by atoms with Gasteiger partial charge < -0.3 is 10.6 Å². The molecule has 0 heterocycles. The molecule has 0 aromatic carbocycles. The Labute approximate surface area is 106 Å². The molecule has 1 saturated carbocycles. The zero-order valence-electron chi connectivity index (χ0n) is 11.8. The third-order valence-electron chi connectivity index (χ3n) is 3.61. The first-order chi connectivity index (χ1) is 7.93. The number of nitrogens with zero attached hydrogens (tertiary/aromatic N) is 1. The summed E-state index contributed by atoms with van der Waals surface area (Å²) in [6.45, 7) is 9.21. The lowest BCUT2D eigenvalue weighted by Crippen LogP contribution is -2.51. The molecule has 3 nitrogen and oxygen atoms in total. The lowest BCUT2D eigenvalue weighted by Gasteiger charge is -2.33. The molecule has 3 heteroatoms. The summed E-state index contributed by atoms with van der Waals surface area (Å²) in [5, 5.41) is 0. The van der Waals surface area contributed by atoms with Crippen LogP contribution < -0.4 is 5.73 Å². The zero-order valence-corrected chi connectivity index (χ0v) is 11.8. The van der Waals surface area contributed by atoms with Crippen LogP contribution in [0, 0.1) is 11.8 Å². The van der Waals surface area contributed by atoms with E-state index in [2.05, 4.69) is 18.7 Å². The Kier molecular flexibility index (Phi) is 5.44. The van der Waals surface area contributed by atoms with Crippen LogP contribution in [-0.2, 0) is 4.79 Å². The van der Waals surface area contributed by atoms with Gasteiger partial charge in [-0.3, -0.25) is 4.79 Å². The van der Waals surface area contributed by atoms with Gasteiger partial charge in [-0.05, 0) is 24.7 Å². The van der Waals surface area contributed by atoms with Crippen molar-refractivity contribution in [2.45, 2.75) is 65.5 Å². The molecular weight excluding hydrogens is 212 g/mol. The van der Waals surface area contributed by atoms with Crippen LogP contribution in [0.4, 0.5) is 0 Å². The predicted octanol–water partition coefficient (Wildman–Crippen LogP) is 2.40. The molecule has 0 saturated heterocycles. The lowest BCUT2D eigenvalue weighted by atomic mass is 10.0. The Morgan fingerprint density at radius 3 is 2.18 bits per heavy atom. The van der Waals surface area contributed by atoms with Crippen LogP contribution in [0.25, 0.3) is 0 Å². The van der Waals surface area contributed by atoms with E-state index in [4.69, 9.17) is 5.73 Å². The molecule has 0 aliphatic heterocycles. The second-order valence-electron chi connectivity index (χ2n) is 6.09. The molecule has 1 fully saturated rings. The molecule has 0 aromatic rings. The summed E-state index contributed by atoms with van der Waals surface area (Å²) < 4.78 is 0. The van der Waals surface area contributed by atoms with Crippen molar-refractivity contribution < 1.29 is 4.79 Å². The van der Waals surface area contributed by atoms with Crippen LogP contribution in [0.5, 0.6) is 0 Å². The molecule has 1 rings (SSSR count). The standard InChI is InChI=1S/C14H28N2O/c1-10(2)9-16(12-7-5-6-8-12)14(17)13(15)11(3)4/h10-13H,5-9,15H2,1-4H3. The van der Waals surface area contributed by atoms with Crippen LogP contribution in [0.15, 0.2) is 0 Å². The van der Waals surface area contributed by atoms with E-state index in [0.717, 1.165) is 19.4 Å². The highest BCUT2D eigenvalue weighted by Crippen LogP contribution is 2.25. The van der Waals surface area contributed by atoms with Gasteiger partial charge in [0.05, 0.1) is 6.04 Å². The van der Waals surface area contributed by atoms with Gasteiger partial charge in [-0.1, -0.05) is 40.5 Å². The van der Waals surface area contributed by atoms with Gasteiger partial charge in [-0.15, -0.1) is 0 Å². The third-order valence-corrected chi connectivity index (χ3v) is 3.61. The molecule has 0 spiro atoms. The second kappa shape index (κ2) is 6.39. The summed E-state index contributed by atoms with van der Waals surface area (Å²) in [6.07, 6.45) is 4.82. The number of hydrogen-bond acceptors (Lipinski definition) is 2. The van der Waals surface area contributed by atoms with Crippen LogP contribution in [0.2, 0.25) is 0 Å². The summed E-state index contributed by atoms with van der Waals surface area (Å²) >= 11 is 0. The van der Waals surface area contributed by atoms with E-state index in [0.29, 0.717) is 12.0 Å². The average molecular weight is 240 g/mol. The Bertz CT molecular complexity index is 245. The Hall–Kier alpha value is -0.570. The highest BCUT2D eigenvalue weighted by atomic mass is 16.2. The maximum atomic E-state index is 12.4. The van der Waals surface area contributed by atoms with Gasteiger partial charge >= 0.3 is 0 Å². The first-order valence-corrected chi connectivity index (χ1v) is 6.99. The van der Waals surface area contributed by atoms with Crippen molar-refractivity contribution in [2.75, 3.05) is 6.54 Å². The summed E-state index contributed by atoms with van der Waals surface area (Å²) in [4.78, 5) is 14.5. The monoisotopic (exact) mass is 240 g/mol. The minimum atomic E-state index is -0.339. The second-order valence-corrected chi connectivity index (χ2v) is 6.09. The minimum absolute atomic E-state index is 0.153. The normalized spacial score (nSPS) is 19.0. The number of hydrogen-bond donors (Lipinski definition) is 1. The van der Waals surface area contributed by atoms with E-state index in [-0.39, 0.29) is 17.9 Å². The first kappa shape index (κ1) is 14.5. The molecule has 0 aromatic heterocycles. The fraction of sp³-hybridized carbons (Fsp3) is 0.929. The molecule has 1 aliphatic carbocycles. The molecule has 0 radical (unpaired) electrons. The van der Waals surface area contributed by atoms with Gasteiger partial charge in [-0.25, -0.2) is 0 Å². The van der Waals surface area contributed by atoms with Crippen molar-refractivity contribution >= 4 is 5.91 Å². The highest BCUT2D eigenvalue weighted by Gasteiger charge is 2.31. The number of rotatable bonds is 5. The fourth-order valence-electron chi connectivity index (χ4n) is 2.50. The van der Waals surface area contributed by atoms with E-state index in [1.54, 1.807) is 0 Å². The van der Waals surface area contributed by atoms with Gasteiger partial charge in [0.15, 0.2) is 0 Å². The van der Waals surface area contributed by atoms with Gasteiger partial charge in [0.25, 0.3) is 0 Å². The maximum absolute atomic E-state index is 12.4. The van der Waals surface area contributed by atoms with E-state index in [1.165, 1.54) is 12.8 Å². The molecular formula is C14H28N2O. The topological polar surface area (TPSA) is 46.3 Å². The Morgan fingerprint density at radius 2 is 1.76 bits per heavy atom. The van der Waals surface area contributed by atoms with Crippen LogP contribution >= 0.6 is 0 Å². The molecule has 100 valence electrons. The molecule has 2 N–H and O–H groups in total. The van der Waals surface area contributed by atoms with Crippen LogP contribution in [-0.4, -0.2) is 29.4 Å². The largest absolute Gasteiger partial charge is 0.338 e.